The predicted molar refractivity (Wildman–Crippen MR) is 113 cm³/mol. The molecular weight excluding hydrogens is 428 g/mol. The van der Waals surface area contributed by atoms with E-state index in [1.807, 2.05) is 30.3 Å². The minimum atomic E-state index is -0.388. The van der Waals surface area contributed by atoms with Gasteiger partial charge in [0.25, 0.3) is 0 Å². The molecule has 3 rings (SSSR count). The van der Waals surface area contributed by atoms with Crippen LogP contribution in [0.25, 0.3) is 16.8 Å². The van der Waals surface area contributed by atoms with Crippen LogP contribution in [0.3, 0.4) is 0 Å². The molecule has 0 aliphatic heterocycles. The van der Waals surface area contributed by atoms with Crippen LogP contribution >= 0.6 is 27.5 Å². The SMILES string of the molecule is CCOC(=O)/C=C/c1cc(Cl)c(OCc2cccc3ccccc23)c(Br)c1. The maximum Gasteiger partial charge on any atom is 0.330 e. The molecule has 0 fully saturated rings. The van der Waals surface area contributed by atoms with Gasteiger partial charge in [-0.25, -0.2) is 4.79 Å². The summed E-state index contributed by atoms with van der Waals surface area (Å²) in [5.74, 6) is 0.180. The highest BCUT2D eigenvalue weighted by Crippen LogP contribution is 2.36. The molecular formula is C22H18BrClO3. The van der Waals surface area contributed by atoms with Crippen molar-refractivity contribution < 1.29 is 14.3 Å². The minimum absolute atomic E-state index is 0.342. The van der Waals surface area contributed by atoms with E-state index in [0.29, 0.717) is 24.0 Å². The lowest BCUT2D eigenvalue weighted by atomic mass is 10.1. The fourth-order valence-corrected chi connectivity index (χ4v) is 3.73. The number of fused-ring (bicyclic) bond motifs is 1. The number of rotatable bonds is 6. The summed E-state index contributed by atoms with van der Waals surface area (Å²) in [6.07, 6.45) is 3.03. The van der Waals surface area contributed by atoms with E-state index in [-0.39, 0.29) is 5.97 Å². The molecule has 0 bridgehead atoms. The molecule has 0 aliphatic carbocycles. The number of carbonyl (C=O) groups excluding carboxylic acids is 1. The van der Waals surface area contributed by atoms with Gasteiger partial charge >= 0.3 is 5.97 Å². The van der Waals surface area contributed by atoms with Crippen molar-refractivity contribution in [1.29, 1.82) is 0 Å². The van der Waals surface area contributed by atoms with Crippen molar-refractivity contribution in [2.75, 3.05) is 6.61 Å². The van der Waals surface area contributed by atoms with Gasteiger partial charge in [-0.2, -0.15) is 0 Å². The van der Waals surface area contributed by atoms with Crippen LogP contribution in [0.2, 0.25) is 5.02 Å². The van der Waals surface area contributed by atoms with Gasteiger partial charge in [-0.05, 0) is 63.0 Å². The Morgan fingerprint density at radius 2 is 1.93 bits per heavy atom. The quantitative estimate of drug-likeness (QED) is 0.325. The molecule has 27 heavy (non-hydrogen) atoms. The fraction of sp³-hybridized carbons (Fsp3) is 0.136. The third-order valence-corrected chi connectivity index (χ3v) is 4.84. The van der Waals surface area contributed by atoms with E-state index in [9.17, 15) is 4.79 Å². The van der Waals surface area contributed by atoms with Gasteiger partial charge in [0.05, 0.1) is 16.1 Å². The molecule has 0 radical (unpaired) electrons. The van der Waals surface area contributed by atoms with Gasteiger partial charge in [0.2, 0.25) is 0 Å². The monoisotopic (exact) mass is 444 g/mol. The Hall–Kier alpha value is -2.30. The number of carbonyl (C=O) groups is 1. The maximum absolute atomic E-state index is 11.4. The zero-order chi connectivity index (χ0) is 19.2. The third kappa shape index (κ3) is 4.90. The normalized spacial score (nSPS) is 11.1. The third-order valence-electron chi connectivity index (χ3n) is 3.97. The molecule has 138 valence electrons. The number of esters is 1. The van der Waals surface area contributed by atoms with Crippen LogP contribution in [0.4, 0.5) is 0 Å². The van der Waals surface area contributed by atoms with Gasteiger partial charge in [0, 0.05) is 6.08 Å². The van der Waals surface area contributed by atoms with Crippen LogP contribution < -0.4 is 4.74 Å². The first kappa shape index (κ1) is 19.5. The van der Waals surface area contributed by atoms with Crippen molar-refractivity contribution >= 4 is 50.3 Å². The van der Waals surface area contributed by atoms with Crippen LogP contribution in [-0.4, -0.2) is 12.6 Å². The van der Waals surface area contributed by atoms with Crippen LogP contribution in [0.5, 0.6) is 5.75 Å². The van der Waals surface area contributed by atoms with Crippen LogP contribution in [0.15, 0.2) is 65.1 Å². The Labute approximate surface area is 171 Å². The Morgan fingerprint density at radius 1 is 1.15 bits per heavy atom. The van der Waals surface area contributed by atoms with Gasteiger partial charge in [0.15, 0.2) is 5.75 Å². The predicted octanol–water partition coefficient (Wildman–Crippen LogP) is 6.41. The second-order valence-electron chi connectivity index (χ2n) is 5.83. The first-order valence-electron chi connectivity index (χ1n) is 8.52. The number of benzene rings is 3. The fourth-order valence-electron chi connectivity index (χ4n) is 2.74. The number of ether oxygens (including phenoxy) is 2. The Morgan fingerprint density at radius 3 is 2.70 bits per heavy atom. The molecule has 0 spiro atoms. The lowest BCUT2D eigenvalue weighted by Gasteiger charge is -2.12. The smallest absolute Gasteiger partial charge is 0.330 e. The highest BCUT2D eigenvalue weighted by Gasteiger charge is 2.10. The maximum atomic E-state index is 11.4. The molecule has 0 amide bonds. The summed E-state index contributed by atoms with van der Waals surface area (Å²) < 4.78 is 11.6. The van der Waals surface area contributed by atoms with Crippen LogP contribution in [0.1, 0.15) is 18.1 Å². The second kappa shape index (κ2) is 9.07. The average molecular weight is 446 g/mol. The summed E-state index contributed by atoms with van der Waals surface area (Å²) in [6.45, 7) is 2.51. The van der Waals surface area contributed by atoms with E-state index in [1.165, 1.54) is 11.5 Å². The summed E-state index contributed by atoms with van der Waals surface area (Å²) in [7, 11) is 0. The standard InChI is InChI=1S/C22H18BrClO3/c1-2-26-21(25)11-10-15-12-19(23)22(20(24)13-15)27-14-17-8-5-7-16-6-3-4-9-18(16)17/h3-13H,2,14H2,1H3/b11-10+. The number of hydrogen-bond donors (Lipinski definition) is 0. The summed E-state index contributed by atoms with van der Waals surface area (Å²) >= 11 is 9.89. The first-order valence-corrected chi connectivity index (χ1v) is 9.69. The molecule has 0 N–H and O–H groups in total. The van der Waals surface area contributed by atoms with Gasteiger partial charge in [0.1, 0.15) is 6.61 Å². The topological polar surface area (TPSA) is 35.5 Å². The van der Waals surface area contributed by atoms with E-state index in [4.69, 9.17) is 21.1 Å². The molecule has 3 aromatic rings. The molecule has 3 aromatic carbocycles. The highest BCUT2D eigenvalue weighted by molar-refractivity contribution is 9.10. The van der Waals surface area contributed by atoms with Crippen molar-refractivity contribution in [3.63, 3.8) is 0 Å². The van der Waals surface area contributed by atoms with Gasteiger partial charge in [-0.1, -0.05) is 54.1 Å². The molecule has 0 atom stereocenters. The van der Waals surface area contributed by atoms with Crippen molar-refractivity contribution in [3.8, 4) is 5.75 Å². The van der Waals surface area contributed by atoms with E-state index in [1.54, 1.807) is 19.1 Å². The lowest BCUT2D eigenvalue weighted by molar-refractivity contribution is -0.137. The van der Waals surface area contributed by atoms with E-state index in [2.05, 4.69) is 34.1 Å². The zero-order valence-corrected chi connectivity index (χ0v) is 17.1. The van der Waals surface area contributed by atoms with Crippen LogP contribution in [0, 0.1) is 0 Å². The minimum Gasteiger partial charge on any atom is -0.486 e. The Kier molecular flexibility index (Phi) is 6.54. The average Bonchev–Trinajstić information content (AvgIpc) is 2.66. The van der Waals surface area contributed by atoms with Gasteiger partial charge < -0.3 is 9.47 Å². The molecule has 0 unspecified atom stereocenters. The number of hydrogen-bond acceptors (Lipinski definition) is 3. The molecule has 0 aliphatic rings. The largest absolute Gasteiger partial charge is 0.486 e. The summed E-state index contributed by atoms with van der Waals surface area (Å²) in [4.78, 5) is 11.4. The van der Waals surface area contributed by atoms with Crippen molar-refractivity contribution in [3.05, 3.63) is 81.3 Å². The number of halogens is 2. The molecule has 0 saturated carbocycles. The van der Waals surface area contributed by atoms with Crippen molar-refractivity contribution in [2.24, 2.45) is 0 Å². The van der Waals surface area contributed by atoms with Crippen LogP contribution in [-0.2, 0) is 16.1 Å². The van der Waals surface area contributed by atoms with Crippen molar-refractivity contribution in [1.82, 2.24) is 0 Å². The zero-order valence-electron chi connectivity index (χ0n) is 14.7. The Bertz CT molecular complexity index is 970. The van der Waals surface area contributed by atoms with E-state index < -0.39 is 0 Å². The second-order valence-corrected chi connectivity index (χ2v) is 7.09. The molecule has 0 aromatic heterocycles. The summed E-state index contributed by atoms with van der Waals surface area (Å²) in [5, 5.41) is 2.79. The molecule has 5 heteroatoms. The van der Waals surface area contributed by atoms with Gasteiger partial charge in [-0.3, -0.25) is 0 Å². The summed E-state index contributed by atoms with van der Waals surface area (Å²) in [5.41, 5.74) is 1.86. The van der Waals surface area contributed by atoms with Crippen molar-refractivity contribution in [2.45, 2.75) is 13.5 Å². The Balaban J connectivity index is 1.78. The molecule has 3 nitrogen and oxygen atoms in total. The van der Waals surface area contributed by atoms with Gasteiger partial charge in [-0.15, -0.1) is 0 Å². The molecule has 0 saturated heterocycles. The lowest BCUT2D eigenvalue weighted by Crippen LogP contribution is -1.99. The van der Waals surface area contributed by atoms with E-state index >= 15 is 0 Å². The van der Waals surface area contributed by atoms with E-state index in [0.717, 1.165) is 21.0 Å². The highest BCUT2D eigenvalue weighted by atomic mass is 79.9. The molecule has 0 heterocycles. The first-order chi connectivity index (χ1) is 13.1. The summed E-state index contributed by atoms with van der Waals surface area (Å²) in [6, 6.07) is 17.9.